The molecule has 26 heavy (non-hydrogen) atoms. The maximum atomic E-state index is 12.2. The number of aryl methyl sites for hydroxylation is 2. The predicted molar refractivity (Wildman–Crippen MR) is 107 cm³/mol. The van der Waals surface area contributed by atoms with E-state index in [2.05, 4.69) is 45.4 Å². The fraction of sp³-hybridized carbons (Fsp3) is 0.409. The summed E-state index contributed by atoms with van der Waals surface area (Å²) in [6.07, 6.45) is 2.33. The van der Waals surface area contributed by atoms with E-state index in [4.69, 9.17) is 0 Å². The second-order valence-corrected chi connectivity index (χ2v) is 7.12. The van der Waals surface area contributed by atoms with E-state index in [1.807, 2.05) is 31.2 Å². The zero-order valence-corrected chi connectivity index (χ0v) is 15.7. The third kappa shape index (κ3) is 5.97. The molecule has 4 nitrogen and oxygen atoms in total. The van der Waals surface area contributed by atoms with Gasteiger partial charge in [-0.05, 0) is 44.0 Å². The number of hydrogen-bond acceptors (Lipinski definition) is 3. The van der Waals surface area contributed by atoms with Crippen molar-refractivity contribution in [3.8, 4) is 0 Å². The minimum absolute atomic E-state index is 0.0754. The van der Waals surface area contributed by atoms with E-state index in [9.17, 15) is 4.79 Å². The first kappa shape index (κ1) is 18.6. The highest BCUT2D eigenvalue weighted by atomic mass is 16.2. The molecule has 4 heteroatoms. The summed E-state index contributed by atoms with van der Waals surface area (Å²) in [4.78, 5) is 17.0. The minimum Gasteiger partial charge on any atom is -0.325 e. The van der Waals surface area contributed by atoms with Gasteiger partial charge in [0, 0.05) is 31.9 Å². The van der Waals surface area contributed by atoms with Crippen LogP contribution in [0.15, 0.2) is 54.6 Å². The van der Waals surface area contributed by atoms with Crippen molar-refractivity contribution in [2.45, 2.75) is 19.8 Å². The van der Waals surface area contributed by atoms with Crippen molar-refractivity contribution in [3.63, 3.8) is 0 Å². The summed E-state index contributed by atoms with van der Waals surface area (Å²) in [6.45, 7) is 7.69. The Morgan fingerprint density at radius 3 is 2.27 bits per heavy atom. The smallest absolute Gasteiger partial charge is 0.238 e. The zero-order chi connectivity index (χ0) is 18.2. The lowest BCUT2D eigenvalue weighted by atomic mass is 10.1. The fourth-order valence-electron chi connectivity index (χ4n) is 3.36. The van der Waals surface area contributed by atoms with Crippen molar-refractivity contribution in [2.24, 2.45) is 0 Å². The Morgan fingerprint density at radius 2 is 1.58 bits per heavy atom. The van der Waals surface area contributed by atoms with Crippen molar-refractivity contribution in [3.05, 3.63) is 65.7 Å². The molecule has 0 bridgehead atoms. The number of piperazine rings is 1. The van der Waals surface area contributed by atoms with E-state index < -0.39 is 0 Å². The first-order chi connectivity index (χ1) is 12.7. The van der Waals surface area contributed by atoms with E-state index >= 15 is 0 Å². The summed E-state index contributed by atoms with van der Waals surface area (Å²) >= 11 is 0. The number of anilines is 1. The molecule has 138 valence electrons. The normalized spacial score (nSPS) is 15.7. The lowest BCUT2D eigenvalue weighted by Gasteiger charge is -2.34. The van der Waals surface area contributed by atoms with Gasteiger partial charge in [-0.25, -0.2) is 0 Å². The molecule has 0 unspecified atom stereocenters. The van der Waals surface area contributed by atoms with Gasteiger partial charge in [0.2, 0.25) is 5.91 Å². The topological polar surface area (TPSA) is 35.6 Å². The van der Waals surface area contributed by atoms with Crippen LogP contribution in [0.4, 0.5) is 5.69 Å². The summed E-state index contributed by atoms with van der Waals surface area (Å²) in [5.74, 6) is 0.0754. The Bertz CT molecular complexity index is 676. The van der Waals surface area contributed by atoms with Crippen LogP contribution < -0.4 is 5.32 Å². The third-order valence-electron chi connectivity index (χ3n) is 4.95. The molecular formula is C22H29N3O. The second kappa shape index (κ2) is 9.51. The van der Waals surface area contributed by atoms with E-state index in [0.29, 0.717) is 6.54 Å². The molecule has 1 fully saturated rings. The molecule has 0 spiro atoms. The van der Waals surface area contributed by atoms with Gasteiger partial charge < -0.3 is 10.2 Å². The molecule has 0 saturated carbocycles. The van der Waals surface area contributed by atoms with Crippen molar-refractivity contribution in [1.82, 2.24) is 9.80 Å². The molecule has 0 aromatic heterocycles. The molecule has 1 amide bonds. The fourth-order valence-corrected chi connectivity index (χ4v) is 3.36. The molecule has 1 N–H and O–H groups in total. The van der Waals surface area contributed by atoms with Gasteiger partial charge in [0.05, 0.1) is 6.54 Å². The van der Waals surface area contributed by atoms with Gasteiger partial charge in [0.1, 0.15) is 0 Å². The Hall–Kier alpha value is -2.17. The highest BCUT2D eigenvalue weighted by molar-refractivity contribution is 5.92. The highest BCUT2D eigenvalue weighted by Gasteiger charge is 2.18. The van der Waals surface area contributed by atoms with Crippen molar-refractivity contribution >= 4 is 11.6 Å². The average molecular weight is 351 g/mol. The van der Waals surface area contributed by atoms with Gasteiger partial charge in [-0.1, -0.05) is 48.0 Å². The molecule has 1 heterocycles. The lowest BCUT2D eigenvalue weighted by molar-refractivity contribution is -0.117. The summed E-state index contributed by atoms with van der Waals surface area (Å²) < 4.78 is 0. The van der Waals surface area contributed by atoms with Gasteiger partial charge in [-0.3, -0.25) is 9.69 Å². The molecule has 2 aromatic rings. The van der Waals surface area contributed by atoms with Crippen LogP contribution in [0, 0.1) is 6.92 Å². The Balaban J connectivity index is 1.33. The van der Waals surface area contributed by atoms with Crippen LogP contribution in [0.3, 0.4) is 0 Å². The average Bonchev–Trinajstić information content (AvgIpc) is 2.66. The summed E-state index contributed by atoms with van der Waals surface area (Å²) in [5, 5.41) is 2.99. The van der Waals surface area contributed by atoms with E-state index in [0.717, 1.165) is 44.8 Å². The van der Waals surface area contributed by atoms with Gasteiger partial charge in [-0.15, -0.1) is 0 Å². The molecule has 0 radical (unpaired) electrons. The number of rotatable bonds is 7. The molecule has 1 saturated heterocycles. The maximum absolute atomic E-state index is 12.2. The summed E-state index contributed by atoms with van der Waals surface area (Å²) in [5.41, 5.74) is 3.49. The van der Waals surface area contributed by atoms with Gasteiger partial charge in [0.15, 0.2) is 0 Å². The predicted octanol–water partition coefficient (Wildman–Crippen LogP) is 3.18. The molecule has 1 aliphatic rings. The number of carbonyl (C=O) groups excluding carboxylic acids is 1. The maximum Gasteiger partial charge on any atom is 0.238 e. The van der Waals surface area contributed by atoms with Gasteiger partial charge >= 0.3 is 0 Å². The van der Waals surface area contributed by atoms with Crippen molar-refractivity contribution < 1.29 is 4.79 Å². The number of nitrogens with zero attached hydrogens (tertiary/aromatic N) is 2. The van der Waals surface area contributed by atoms with Crippen LogP contribution >= 0.6 is 0 Å². The van der Waals surface area contributed by atoms with Crippen LogP contribution in [0.25, 0.3) is 0 Å². The minimum atomic E-state index is 0.0754. The van der Waals surface area contributed by atoms with E-state index in [1.165, 1.54) is 17.5 Å². The van der Waals surface area contributed by atoms with E-state index in [-0.39, 0.29) is 5.91 Å². The number of hydrogen-bond donors (Lipinski definition) is 1. The first-order valence-electron chi connectivity index (χ1n) is 9.54. The van der Waals surface area contributed by atoms with Crippen molar-refractivity contribution in [1.29, 1.82) is 0 Å². The zero-order valence-electron chi connectivity index (χ0n) is 15.7. The van der Waals surface area contributed by atoms with Crippen LogP contribution in [-0.4, -0.2) is 55.0 Å². The van der Waals surface area contributed by atoms with E-state index in [1.54, 1.807) is 0 Å². The summed E-state index contributed by atoms with van der Waals surface area (Å²) in [7, 11) is 0. The van der Waals surface area contributed by atoms with Crippen LogP contribution in [-0.2, 0) is 11.2 Å². The van der Waals surface area contributed by atoms with Crippen molar-refractivity contribution in [2.75, 3.05) is 44.6 Å². The Labute approximate surface area is 156 Å². The summed E-state index contributed by atoms with van der Waals surface area (Å²) in [6, 6.07) is 18.6. The molecule has 3 rings (SSSR count). The molecule has 0 atom stereocenters. The SMILES string of the molecule is Cc1ccc(NC(=O)CN2CCN(CCCc3ccccc3)CC2)cc1. The molecule has 0 aliphatic carbocycles. The van der Waals surface area contributed by atoms with Crippen LogP contribution in [0.1, 0.15) is 17.5 Å². The Morgan fingerprint density at radius 1 is 0.923 bits per heavy atom. The standard InChI is InChI=1S/C22H29N3O/c1-19-9-11-21(12-10-19)23-22(26)18-25-16-14-24(15-17-25)13-5-8-20-6-3-2-4-7-20/h2-4,6-7,9-12H,5,8,13-18H2,1H3,(H,23,26). The number of carbonyl (C=O) groups is 1. The van der Waals surface area contributed by atoms with Crippen LogP contribution in [0.5, 0.6) is 0 Å². The third-order valence-corrected chi connectivity index (χ3v) is 4.95. The Kier molecular flexibility index (Phi) is 6.81. The molecular weight excluding hydrogens is 322 g/mol. The first-order valence-corrected chi connectivity index (χ1v) is 9.54. The van der Waals surface area contributed by atoms with Gasteiger partial charge in [0.25, 0.3) is 0 Å². The lowest BCUT2D eigenvalue weighted by Crippen LogP contribution is -2.48. The van der Waals surface area contributed by atoms with Gasteiger partial charge in [-0.2, -0.15) is 0 Å². The number of nitrogens with one attached hydrogen (secondary N) is 1. The highest BCUT2D eigenvalue weighted by Crippen LogP contribution is 2.10. The van der Waals surface area contributed by atoms with Crippen LogP contribution in [0.2, 0.25) is 0 Å². The second-order valence-electron chi connectivity index (χ2n) is 7.12. The quantitative estimate of drug-likeness (QED) is 0.832. The number of amides is 1. The largest absolute Gasteiger partial charge is 0.325 e. The number of benzene rings is 2. The monoisotopic (exact) mass is 351 g/mol. The molecule has 1 aliphatic heterocycles. The molecule has 2 aromatic carbocycles.